The van der Waals surface area contributed by atoms with Crippen molar-refractivity contribution in [1.29, 1.82) is 0 Å². The first kappa shape index (κ1) is 13.3. The quantitative estimate of drug-likeness (QED) is 0.812. The maximum absolute atomic E-state index is 12.6. The van der Waals surface area contributed by atoms with Crippen LogP contribution in [0.1, 0.15) is 45.4 Å². The van der Waals surface area contributed by atoms with E-state index in [-0.39, 0.29) is 30.8 Å². The molecular formula is C13H21FN2O2. The summed E-state index contributed by atoms with van der Waals surface area (Å²) in [7, 11) is 0. The van der Waals surface area contributed by atoms with Crippen LogP contribution in [0, 0.1) is 0 Å². The summed E-state index contributed by atoms with van der Waals surface area (Å²) < 4.78 is 12.6. The molecule has 0 aromatic heterocycles. The molecule has 1 aliphatic heterocycles. The van der Waals surface area contributed by atoms with Crippen LogP contribution in [0.5, 0.6) is 0 Å². The first-order valence-corrected chi connectivity index (χ1v) is 6.77. The van der Waals surface area contributed by atoms with Gasteiger partial charge in [-0.25, -0.2) is 4.39 Å². The van der Waals surface area contributed by atoms with Gasteiger partial charge in [0.1, 0.15) is 12.2 Å². The predicted molar refractivity (Wildman–Crippen MR) is 65.7 cm³/mol. The third kappa shape index (κ3) is 2.35. The van der Waals surface area contributed by atoms with Crippen molar-refractivity contribution in [2.75, 3.05) is 13.2 Å². The van der Waals surface area contributed by atoms with E-state index in [0.29, 0.717) is 12.8 Å². The zero-order valence-corrected chi connectivity index (χ0v) is 10.9. The van der Waals surface area contributed by atoms with E-state index in [1.54, 1.807) is 4.90 Å². The van der Waals surface area contributed by atoms with Crippen LogP contribution in [-0.2, 0) is 9.59 Å². The molecule has 2 aliphatic rings. The molecule has 1 unspecified atom stereocenters. The molecule has 0 aromatic carbocycles. The smallest absolute Gasteiger partial charge is 0.248 e. The molecule has 1 heterocycles. The standard InChI is InChI=1S/C13H21FN2O2/c1-10-9-11(17)15-13(5-3-2-4-6-13)12(18)16(10)8-7-14/h10H,2-9H2,1H3,(H,15,17). The highest BCUT2D eigenvalue weighted by molar-refractivity contribution is 5.94. The number of nitrogens with one attached hydrogen (secondary N) is 1. The van der Waals surface area contributed by atoms with E-state index in [1.165, 1.54) is 0 Å². The van der Waals surface area contributed by atoms with Crippen molar-refractivity contribution < 1.29 is 14.0 Å². The van der Waals surface area contributed by atoms with Gasteiger partial charge in [-0.3, -0.25) is 9.59 Å². The number of carbonyl (C=O) groups is 2. The van der Waals surface area contributed by atoms with E-state index >= 15 is 0 Å². The predicted octanol–water partition coefficient (Wildman–Crippen LogP) is 1.40. The Morgan fingerprint density at radius 1 is 1.33 bits per heavy atom. The van der Waals surface area contributed by atoms with Crippen LogP contribution in [0.2, 0.25) is 0 Å². The van der Waals surface area contributed by atoms with E-state index in [9.17, 15) is 14.0 Å². The van der Waals surface area contributed by atoms with Crippen molar-refractivity contribution >= 4 is 11.8 Å². The van der Waals surface area contributed by atoms with Gasteiger partial charge in [-0.2, -0.15) is 0 Å². The van der Waals surface area contributed by atoms with Gasteiger partial charge in [-0.15, -0.1) is 0 Å². The first-order valence-electron chi connectivity index (χ1n) is 6.77. The number of carbonyl (C=O) groups excluding carboxylic acids is 2. The summed E-state index contributed by atoms with van der Waals surface area (Å²) in [6, 6.07) is -0.213. The number of nitrogens with zero attached hydrogens (tertiary/aromatic N) is 1. The number of rotatable bonds is 2. The number of amides is 2. The Labute approximate surface area is 107 Å². The zero-order chi connectivity index (χ0) is 13.2. The largest absolute Gasteiger partial charge is 0.342 e. The molecule has 1 N–H and O–H groups in total. The minimum absolute atomic E-state index is 0.0842. The van der Waals surface area contributed by atoms with Crippen molar-refractivity contribution in [3.8, 4) is 0 Å². The van der Waals surface area contributed by atoms with Gasteiger partial charge in [0.2, 0.25) is 11.8 Å². The van der Waals surface area contributed by atoms with Crippen LogP contribution in [0.4, 0.5) is 4.39 Å². The lowest BCUT2D eigenvalue weighted by Gasteiger charge is -2.38. The third-order valence-corrected chi connectivity index (χ3v) is 4.09. The highest BCUT2D eigenvalue weighted by atomic mass is 19.1. The molecule has 1 spiro atoms. The number of hydrogen-bond acceptors (Lipinski definition) is 2. The van der Waals surface area contributed by atoms with Crippen LogP contribution in [-0.4, -0.2) is 41.5 Å². The van der Waals surface area contributed by atoms with E-state index in [0.717, 1.165) is 19.3 Å². The second-order valence-electron chi connectivity index (χ2n) is 5.43. The average molecular weight is 256 g/mol. The Bertz CT molecular complexity index is 340. The molecule has 0 aromatic rings. The lowest BCUT2D eigenvalue weighted by atomic mass is 9.80. The van der Waals surface area contributed by atoms with Crippen molar-refractivity contribution in [3.63, 3.8) is 0 Å². The molecule has 1 atom stereocenters. The van der Waals surface area contributed by atoms with Crippen LogP contribution in [0.3, 0.4) is 0 Å². The summed E-state index contributed by atoms with van der Waals surface area (Å²) in [5.74, 6) is -0.169. The number of alkyl halides is 1. The van der Waals surface area contributed by atoms with Crippen molar-refractivity contribution in [2.24, 2.45) is 0 Å². The molecular weight excluding hydrogens is 235 g/mol. The van der Waals surface area contributed by atoms with Gasteiger partial charge >= 0.3 is 0 Å². The average Bonchev–Trinajstić information content (AvgIpc) is 2.42. The van der Waals surface area contributed by atoms with Crippen molar-refractivity contribution in [2.45, 2.75) is 57.0 Å². The first-order chi connectivity index (χ1) is 8.59. The molecule has 5 heteroatoms. The Morgan fingerprint density at radius 2 is 2.00 bits per heavy atom. The van der Waals surface area contributed by atoms with Gasteiger partial charge in [-0.05, 0) is 19.8 Å². The number of halogens is 1. The molecule has 1 saturated carbocycles. The molecule has 0 bridgehead atoms. The summed E-state index contributed by atoms with van der Waals surface area (Å²) in [6.07, 6.45) is 4.64. The van der Waals surface area contributed by atoms with E-state index in [4.69, 9.17) is 0 Å². The molecule has 18 heavy (non-hydrogen) atoms. The molecule has 1 aliphatic carbocycles. The van der Waals surface area contributed by atoms with Gasteiger partial charge in [0, 0.05) is 19.0 Å². The van der Waals surface area contributed by atoms with E-state index < -0.39 is 12.2 Å². The second-order valence-corrected chi connectivity index (χ2v) is 5.43. The van der Waals surface area contributed by atoms with Crippen molar-refractivity contribution in [1.82, 2.24) is 10.2 Å². The summed E-state index contributed by atoms with van der Waals surface area (Å²) in [4.78, 5) is 26.0. The lowest BCUT2D eigenvalue weighted by Crippen LogP contribution is -2.58. The summed E-state index contributed by atoms with van der Waals surface area (Å²) in [5.41, 5.74) is -0.755. The molecule has 102 valence electrons. The molecule has 1 saturated heterocycles. The molecule has 2 amide bonds. The van der Waals surface area contributed by atoms with Crippen LogP contribution in [0.15, 0.2) is 0 Å². The topological polar surface area (TPSA) is 49.4 Å². The van der Waals surface area contributed by atoms with Crippen LogP contribution >= 0.6 is 0 Å². The minimum atomic E-state index is -0.755. The monoisotopic (exact) mass is 256 g/mol. The van der Waals surface area contributed by atoms with Gasteiger partial charge < -0.3 is 10.2 Å². The fraction of sp³-hybridized carbons (Fsp3) is 0.846. The van der Waals surface area contributed by atoms with Crippen molar-refractivity contribution in [3.05, 3.63) is 0 Å². The fourth-order valence-electron chi connectivity index (χ4n) is 3.13. The normalized spacial score (nSPS) is 28.1. The van der Waals surface area contributed by atoms with E-state index in [2.05, 4.69) is 5.32 Å². The molecule has 4 nitrogen and oxygen atoms in total. The van der Waals surface area contributed by atoms with Gasteiger partial charge in [0.25, 0.3) is 0 Å². The number of hydrogen-bond donors (Lipinski definition) is 1. The molecule has 2 rings (SSSR count). The maximum Gasteiger partial charge on any atom is 0.248 e. The fourth-order valence-corrected chi connectivity index (χ4v) is 3.13. The Kier molecular flexibility index (Phi) is 3.88. The molecule has 0 radical (unpaired) electrons. The second kappa shape index (κ2) is 5.24. The van der Waals surface area contributed by atoms with E-state index in [1.807, 2.05) is 6.92 Å². The van der Waals surface area contributed by atoms with Crippen LogP contribution < -0.4 is 5.32 Å². The Balaban J connectivity index is 2.27. The summed E-state index contributed by atoms with van der Waals surface area (Å²) in [5, 5.41) is 2.91. The summed E-state index contributed by atoms with van der Waals surface area (Å²) >= 11 is 0. The van der Waals surface area contributed by atoms with Crippen LogP contribution in [0.25, 0.3) is 0 Å². The van der Waals surface area contributed by atoms with Gasteiger partial charge in [0.05, 0.1) is 0 Å². The lowest BCUT2D eigenvalue weighted by molar-refractivity contribution is -0.141. The Morgan fingerprint density at radius 3 is 2.61 bits per heavy atom. The SMILES string of the molecule is CC1CC(=O)NC2(CCCCC2)C(=O)N1CCF. The highest BCUT2D eigenvalue weighted by Gasteiger charge is 2.46. The van der Waals surface area contributed by atoms with Gasteiger partial charge in [-0.1, -0.05) is 19.3 Å². The zero-order valence-electron chi connectivity index (χ0n) is 10.9. The highest BCUT2D eigenvalue weighted by Crippen LogP contribution is 2.32. The third-order valence-electron chi connectivity index (χ3n) is 4.09. The molecule has 2 fully saturated rings. The Hall–Kier alpha value is -1.13. The minimum Gasteiger partial charge on any atom is -0.342 e. The maximum atomic E-state index is 12.6. The van der Waals surface area contributed by atoms with Gasteiger partial charge in [0.15, 0.2) is 0 Å². The summed E-state index contributed by atoms with van der Waals surface area (Å²) in [6.45, 7) is 1.35.